The van der Waals surface area contributed by atoms with Crippen LogP contribution < -0.4 is 5.32 Å². The van der Waals surface area contributed by atoms with Crippen LogP contribution in [-0.4, -0.2) is 47.4 Å². The van der Waals surface area contributed by atoms with Gasteiger partial charge in [-0.3, -0.25) is 9.59 Å². The second-order valence-electron chi connectivity index (χ2n) is 22.5. The number of amides is 1. The van der Waals surface area contributed by atoms with Crippen LogP contribution in [-0.2, 0) is 14.3 Å². The molecule has 0 aromatic carbocycles. The molecular formula is C65H127NO5. The highest BCUT2D eigenvalue weighted by atomic mass is 16.5. The second kappa shape index (κ2) is 61.1. The van der Waals surface area contributed by atoms with E-state index in [0.717, 1.165) is 38.5 Å². The van der Waals surface area contributed by atoms with Crippen molar-refractivity contribution in [2.75, 3.05) is 13.2 Å². The van der Waals surface area contributed by atoms with E-state index in [4.69, 9.17) is 4.74 Å². The average molecular weight is 1000 g/mol. The predicted molar refractivity (Wildman–Crippen MR) is 310 cm³/mol. The van der Waals surface area contributed by atoms with Crippen LogP contribution in [0.2, 0.25) is 0 Å². The number of esters is 1. The van der Waals surface area contributed by atoms with Crippen molar-refractivity contribution in [1.82, 2.24) is 5.32 Å². The number of rotatable bonds is 61. The Bertz CT molecular complexity index is 1060. The lowest BCUT2D eigenvalue weighted by atomic mass is 10.0. The molecule has 0 spiro atoms. The van der Waals surface area contributed by atoms with E-state index < -0.39 is 12.1 Å². The first-order valence-corrected chi connectivity index (χ1v) is 32.4. The van der Waals surface area contributed by atoms with Crippen LogP contribution in [0, 0.1) is 0 Å². The molecule has 1 amide bonds. The molecule has 0 radical (unpaired) electrons. The molecular weight excluding hydrogens is 875 g/mol. The number of carbonyl (C=O) groups is 2. The molecule has 0 fully saturated rings. The van der Waals surface area contributed by atoms with Crippen molar-refractivity contribution in [2.24, 2.45) is 0 Å². The minimum absolute atomic E-state index is 0.0185. The van der Waals surface area contributed by atoms with Crippen molar-refractivity contribution in [1.29, 1.82) is 0 Å². The van der Waals surface area contributed by atoms with Gasteiger partial charge in [-0.2, -0.15) is 0 Å². The summed E-state index contributed by atoms with van der Waals surface area (Å²) in [6.07, 6.45) is 73.8. The quantitative estimate of drug-likeness (QED) is 0.0320. The molecule has 0 saturated heterocycles. The minimum Gasteiger partial charge on any atom is -0.466 e. The SMILES string of the molecule is CCCCCCCCCCCCCCCCCCCCC(=O)OCCCCCCCCCCCCCC/C=C\CCCCCCCCCCCC(=O)NC(CO)C(O)CCCCCCCCCCCCC. The lowest BCUT2D eigenvalue weighted by Crippen LogP contribution is -2.45. The van der Waals surface area contributed by atoms with Crippen LogP contribution in [0.25, 0.3) is 0 Å². The molecule has 6 nitrogen and oxygen atoms in total. The highest BCUT2D eigenvalue weighted by Gasteiger charge is 2.20. The van der Waals surface area contributed by atoms with Gasteiger partial charge in [-0.1, -0.05) is 315 Å². The monoisotopic (exact) mass is 1000 g/mol. The van der Waals surface area contributed by atoms with Gasteiger partial charge in [0, 0.05) is 12.8 Å². The Labute approximate surface area is 444 Å². The van der Waals surface area contributed by atoms with Crippen molar-refractivity contribution < 1.29 is 24.5 Å². The molecule has 6 heteroatoms. The number of carbonyl (C=O) groups excluding carboxylic acids is 2. The molecule has 0 aromatic rings. The Morgan fingerprint density at radius 1 is 0.380 bits per heavy atom. The van der Waals surface area contributed by atoms with E-state index in [1.807, 2.05) is 0 Å². The molecule has 0 aromatic heterocycles. The van der Waals surface area contributed by atoms with Crippen molar-refractivity contribution in [3.05, 3.63) is 12.2 Å². The number of hydrogen-bond acceptors (Lipinski definition) is 5. The van der Waals surface area contributed by atoms with Gasteiger partial charge in [0.25, 0.3) is 0 Å². The second-order valence-corrected chi connectivity index (χ2v) is 22.5. The summed E-state index contributed by atoms with van der Waals surface area (Å²) in [4.78, 5) is 24.5. The third-order valence-corrected chi connectivity index (χ3v) is 15.3. The molecule has 0 heterocycles. The Balaban J connectivity index is 3.35. The van der Waals surface area contributed by atoms with Gasteiger partial charge in [0.1, 0.15) is 0 Å². The molecule has 3 N–H and O–H groups in total. The molecule has 0 aliphatic rings. The maximum Gasteiger partial charge on any atom is 0.305 e. The number of unbranched alkanes of at least 4 members (excludes halogenated alkanes) is 48. The first-order valence-electron chi connectivity index (χ1n) is 32.4. The number of aliphatic hydroxyl groups excluding tert-OH is 2. The number of nitrogens with one attached hydrogen (secondary N) is 1. The Kier molecular flexibility index (Phi) is 59.9. The van der Waals surface area contributed by atoms with Crippen LogP contribution in [0.3, 0.4) is 0 Å². The van der Waals surface area contributed by atoms with Gasteiger partial charge in [0.05, 0.1) is 25.4 Å². The normalized spacial score (nSPS) is 12.6. The van der Waals surface area contributed by atoms with E-state index in [1.165, 1.54) is 295 Å². The van der Waals surface area contributed by atoms with E-state index in [0.29, 0.717) is 25.9 Å². The first kappa shape index (κ1) is 69.6. The summed E-state index contributed by atoms with van der Waals surface area (Å²) in [6, 6.07) is -0.541. The Hall–Kier alpha value is -1.40. The van der Waals surface area contributed by atoms with Crippen molar-refractivity contribution >= 4 is 11.9 Å². The van der Waals surface area contributed by atoms with Crippen molar-refractivity contribution in [3.63, 3.8) is 0 Å². The number of hydrogen-bond donors (Lipinski definition) is 3. The average Bonchev–Trinajstić information content (AvgIpc) is 3.37. The van der Waals surface area contributed by atoms with Gasteiger partial charge in [0.15, 0.2) is 0 Å². The molecule has 0 saturated carbocycles. The fourth-order valence-electron chi connectivity index (χ4n) is 10.3. The van der Waals surface area contributed by atoms with E-state index in [9.17, 15) is 19.8 Å². The zero-order valence-electron chi connectivity index (χ0n) is 48.2. The van der Waals surface area contributed by atoms with E-state index in [2.05, 4.69) is 31.3 Å². The predicted octanol–water partition coefficient (Wildman–Crippen LogP) is 20.4. The van der Waals surface area contributed by atoms with Gasteiger partial charge in [-0.05, 0) is 51.4 Å². The Morgan fingerprint density at radius 2 is 0.662 bits per heavy atom. The highest BCUT2D eigenvalue weighted by Crippen LogP contribution is 2.18. The lowest BCUT2D eigenvalue weighted by molar-refractivity contribution is -0.143. The van der Waals surface area contributed by atoms with Crippen LogP contribution >= 0.6 is 0 Å². The molecule has 2 atom stereocenters. The minimum atomic E-state index is -0.664. The summed E-state index contributed by atoms with van der Waals surface area (Å²) in [5.74, 6) is -0.0188. The molecule has 0 aliphatic carbocycles. The topological polar surface area (TPSA) is 95.9 Å². The summed E-state index contributed by atoms with van der Waals surface area (Å²) in [5.41, 5.74) is 0. The maximum atomic E-state index is 12.4. The fraction of sp³-hybridized carbons (Fsp3) is 0.938. The van der Waals surface area contributed by atoms with E-state index >= 15 is 0 Å². The molecule has 0 bridgehead atoms. The standard InChI is InChI=1S/C65H127NO5/c1-3-5-7-9-11-13-15-16-17-18-29-32-35-39-43-47-51-55-59-65(70)71-60-56-52-48-44-40-36-33-30-27-25-23-21-19-20-22-24-26-28-31-34-38-42-46-50-54-58-64(69)66-62(61-67)63(68)57-53-49-45-41-37-14-12-10-8-6-4-2/h20,22,62-63,67-68H,3-19,21,23-61H2,1-2H3,(H,66,69)/b22-20-. The zero-order valence-corrected chi connectivity index (χ0v) is 48.2. The van der Waals surface area contributed by atoms with Crippen LogP contribution in [0.1, 0.15) is 367 Å². The summed E-state index contributed by atoms with van der Waals surface area (Å²) in [6.45, 7) is 4.97. The summed E-state index contributed by atoms with van der Waals surface area (Å²) < 4.78 is 5.50. The summed E-state index contributed by atoms with van der Waals surface area (Å²) in [5, 5.41) is 23.2. The van der Waals surface area contributed by atoms with Crippen molar-refractivity contribution in [3.8, 4) is 0 Å². The largest absolute Gasteiger partial charge is 0.466 e. The lowest BCUT2D eigenvalue weighted by Gasteiger charge is -2.22. The van der Waals surface area contributed by atoms with E-state index in [-0.39, 0.29) is 18.5 Å². The third-order valence-electron chi connectivity index (χ3n) is 15.3. The molecule has 71 heavy (non-hydrogen) atoms. The number of allylic oxidation sites excluding steroid dienone is 2. The van der Waals surface area contributed by atoms with Gasteiger partial charge >= 0.3 is 5.97 Å². The molecule has 0 aliphatic heterocycles. The smallest absolute Gasteiger partial charge is 0.305 e. The van der Waals surface area contributed by atoms with Crippen molar-refractivity contribution in [2.45, 2.75) is 379 Å². The molecule has 422 valence electrons. The zero-order chi connectivity index (χ0) is 51.4. The fourth-order valence-corrected chi connectivity index (χ4v) is 10.3. The van der Waals surface area contributed by atoms with Gasteiger partial charge in [0.2, 0.25) is 5.91 Å². The van der Waals surface area contributed by atoms with Crippen LogP contribution in [0.4, 0.5) is 0 Å². The summed E-state index contributed by atoms with van der Waals surface area (Å²) >= 11 is 0. The van der Waals surface area contributed by atoms with Gasteiger partial charge < -0.3 is 20.3 Å². The number of aliphatic hydroxyl groups is 2. The number of ether oxygens (including phenoxy) is 1. The van der Waals surface area contributed by atoms with Gasteiger partial charge in [-0.15, -0.1) is 0 Å². The Morgan fingerprint density at radius 3 is 1.00 bits per heavy atom. The third kappa shape index (κ3) is 57.7. The van der Waals surface area contributed by atoms with Crippen LogP contribution in [0.15, 0.2) is 12.2 Å². The highest BCUT2D eigenvalue weighted by molar-refractivity contribution is 5.76. The summed E-state index contributed by atoms with van der Waals surface area (Å²) in [7, 11) is 0. The van der Waals surface area contributed by atoms with E-state index in [1.54, 1.807) is 0 Å². The van der Waals surface area contributed by atoms with Gasteiger partial charge in [-0.25, -0.2) is 0 Å². The molecule has 0 rings (SSSR count). The molecule has 2 unspecified atom stereocenters. The first-order chi connectivity index (χ1) is 35.0. The van der Waals surface area contributed by atoms with Crippen LogP contribution in [0.5, 0.6) is 0 Å². The maximum absolute atomic E-state index is 12.4.